The van der Waals surface area contributed by atoms with Gasteiger partial charge in [0.15, 0.2) is 0 Å². The van der Waals surface area contributed by atoms with Gasteiger partial charge in [0, 0.05) is 0 Å². The number of rotatable bonds is 5. The van der Waals surface area contributed by atoms with Gasteiger partial charge in [0.05, 0.1) is 13.0 Å². The fraction of sp³-hybridized carbons (Fsp3) is 0.133. The van der Waals surface area contributed by atoms with Crippen molar-refractivity contribution < 1.29 is 14.0 Å². The summed E-state index contributed by atoms with van der Waals surface area (Å²) in [7, 11) is 0. The molecule has 98 valence electrons. The van der Waals surface area contributed by atoms with Gasteiger partial charge in [-0.15, -0.1) is 0 Å². The third kappa shape index (κ3) is 4.52. The zero-order chi connectivity index (χ0) is 13.5. The Kier molecular flexibility index (Phi) is 4.64. The van der Waals surface area contributed by atoms with Crippen molar-refractivity contribution in [3.05, 3.63) is 71.5 Å². The summed E-state index contributed by atoms with van der Waals surface area (Å²) in [6, 6.07) is 15.4. The van der Waals surface area contributed by atoms with Gasteiger partial charge in [0.25, 0.3) is 0 Å². The number of amides is 1. The molecule has 0 aliphatic rings. The van der Waals surface area contributed by atoms with Gasteiger partial charge in [-0.3, -0.25) is 9.63 Å². The first-order valence-electron chi connectivity index (χ1n) is 5.93. The third-order valence-corrected chi connectivity index (χ3v) is 2.52. The SMILES string of the molecule is O=C(Cc1cccc(F)c1)NOCc1ccccc1. The van der Waals surface area contributed by atoms with Crippen LogP contribution >= 0.6 is 0 Å². The number of carbonyl (C=O) groups is 1. The van der Waals surface area contributed by atoms with Crippen LogP contribution in [-0.2, 0) is 22.7 Å². The Bertz CT molecular complexity index is 543. The lowest BCUT2D eigenvalue weighted by Gasteiger charge is -2.06. The van der Waals surface area contributed by atoms with Gasteiger partial charge in [-0.05, 0) is 23.3 Å². The topological polar surface area (TPSA) is 38.3 Å². The van der Waals surface area contributed by atoms with Crippen molar-refractivity contribution in [1.29, 1.82) is 0 Å². The van der Waals surface area contributed by atoms with Gasteiger partial charge >= 0.3 is 0 Å². The van der Waals surface area contributed by atoms with E-state index in [0.717, 1.165) is 5.56 Å². The largest absolute Gasteiger partial charge is 0.272 e. The quantitative estimate of drug-likeness (QED) is 0.838. The Hall–Kier alpha value is -2.20. The molecule has 0 unspecified atom stereocenters. The van der Waals surface area contributed by atoms with E-state index in [1.54, 1.807) is 12.1 Å². The summed E-state index contributed by atoms with van der Waals surface area (Å²) in [6.45, 7) is 0.301. The van der Waals surface area contributed by atoms with Crippen LogP contribution in [0.3, 0.4) is 0 Å². The zero-order valence-electron chi connectivity index (χ0n) is 10.3. The summed E-state index contributed by atoms with van der Waals surface area (Å²) in [5, 5.41) is 0. The van der Waals surface area contributed by atoms with Gasteiger partial charge in [0.1, 0.15) is 5.82 Å². The molecule has 1 N–H and O–H groups in total. The molecule has 0 atom stereocenters. The Labute approximate surface area is 111 Å². The summed E-state index contributed by atoms with van der Waals surface area (Å²) in [6.07, 6.45) is 0.0898. The van der Waals surface area contributed by atoms with Crippen LogP contribution in [-0.4, -0.2) is 5.91 Å². The van der Waals surface area contributed by atoms with Crippen LogP contribution in [0.2, 0.25) is 0 Å². The molecule has 19 heavy (non-hydrogen) atoms. The number of hydroxylamine groups is 1. The van der Waals surface area contributed by atoms with Crippen molar-refractivity contribution in [3.63, 3.8) is 0 Å². The van der Waals surface area contributed by atoms with Crippen LogP contribution in [0.25, 0.3) is 0 Å². The van der Waals surface area contributed by atoms with Gasteiger partial charge in [-0.2, -0.15) is 0 Å². The number of hydrogen-bond acceptors (Lipinski definition) is 2. The zero-order valence-corrected chi connectivity index (χ0v) is 10.3. The van der Waals surface area contributed by atoms with Gasteiger partial charge in [-0.25, -0.2) is 9.87 Å². The first kappa shape index (κ1) is 13.2. The Balaban J connectivity index is 1.76. The highest BCUT2D eigenvalue weighted by atomic mass is 19.1. The van der Waals surface area contributed by atoms with E-state index in [9.17, 15) is 9.18 Å². The maximum absolute atomic E-state index is 12.9. The maximum Gasteiger partial charge on any atom is 0.247 e. The van der Waals surface area contributed by atoms with Gasteiger partial charge in [-0.1, -0.05) is 42.5 Å². The Morgan fingerprint density at radius 1 is 1.05 bits per heavy atom. The van der Waals surface area contributed by atoms with Crippen LogP contribution < -0.4 is 5.48 Å². The molecule has 0 fully saturated rings. The van der Waals surface area contributed by atoms with Crippen molar-refractivity contribution in [2.24, 2.45) is 0 Å². The molecule has 0 spiro atoms. The van der Waals surface area contributed by atoms with E-state index in [0.29, 0.717) is 12.2 Å². The minimum Gasteiger partial charge on any atom is -0.272 e. The second-order valence-electron chi connectivity index (χ2n) is 4.11. The molecule has 2 aromatic rings. The molecule has 4 heteroatoms. The highest BCUT2D eigenvalue weighted by Gasteiger charge is 2.04. The van der Waals surface area contributed by atoms with Crippen molar-refractivity contribution in [2.75, 3.05) is 0 Å². The molecule has 0 heterocycles. The van der Waals surface area contributed by atoms with E-state index in [1.165, 1.54) is 12.1 Å². The number of hydrogen-bond donors (Lipinski definition) is 1. The molecule has 1 amide bonds. The standard InChI is InChI=1S/C15H14FNO2/c16-14-8-4-7-13(9-14)10-15(18)17-19-11-12-5-2-1-3-6-12/h1-9H,10-11H2,(H,17,18). The van der Waals surface area contributed by atoms with Crippen LogP contribution in [0.15, 0.2) is 54.6 Å². The third-order valence-electron chi connectivity index (χ3n) is 2.52. The molecule has 0 radical (unpaired) electrons. The van der Waals surface area contributed by atoms with Gasteiger partial charge < -0.3 is 0 Å². The fourth-order valence-corrected chi connectivity index (χ4v) is 1.64. The fourth-order valence-electron chi connectivity index (χ4n) is 1.64. The van der Waals surface area contributed by atoms with Crippen LogP contribution in [0, 0.1) is 5.82 Å². The molecular formula is C15H14FNO2. The molecule has 3 nitrogen and oxygen atoms in total. The molecule has 2 aromatic carbocycles. The summed E-state index contributed by atoms with van der Waals surface area (Å²) < 4.78 is 12.9. The number of benzene rings is 2. The van der Waals surface area contributed by atoms with E-state index >= 15 is 0 Å². The van der Waals surface area contributed by atoms with Crippen molar-refractivity contribution in [3.8, 4) is 0 Å². The Morgan fingerprint density at radius 2 is 1.79 bits per heavy atom. The van der Waals surface area contributed by atoms with E-state index < -0.39 is 0 Å². The van der Waals surface area contributed by atoms with Crippen LogP contribution in [0.4, 0.5) is 4.39 Å². The van der Waals surface area contributed by atoms with Crippen molar-refractivity contribution in [2.45, 2.75) is 13.0 Å². The molecule has 0 aliphatic heterocycles. The first-order chi connectivity index (χ1) is 9.24. The molecule has 0 aliphatic carbocycles. The maximum atomic E-state index is 12.9. The van der Waals surface area contributed by atoms with E-state index in [2.05, 4.69) is 5.48 Å². The van der Waals surface area contributed by atoms with Crippen molar-refractivity contribution >= 4 is 5.91 Å². The second kappa shape index (κ2) is 6.66. The first-order valence-corrected chi connectivity index (χ1v) is 5.93. The van der Waals surface area contributed by atoms with Crippen LogP contribution in [0.1, 0.15) is 11.1 Å². The van der Waals surface area contributed by atoms with E-state index in [1.807, 2.05) is 30.3 Å². The summed E-state index contributed by atoms with van der Waals surface area (Å²) in [5.74, 6) is -0.656. The molecule has 0 saturated heterocycles. The van der Waals surface area contributed by atoms with Crippen LogP contribution in [0.5, 0.6) is 0 Å². The summed E-state index contributed by atoms with van der Waals surface area (Å²) in [4.78, 5) is 16.6. The lowest BCUT2D eigenvalue weighted by Crippen LogP contribution is -2.25. The highest BCUT2D eigenvalue weighted by Crippen LogP contribution is 2.04. The molecule has 0 aromatic heterocycles. The van der Waals surface area contributed by atoms with Gasteiger partial charge in [0.2, 0.25) is 5.91 Å². The summed E-state index contributed by atoms with van der Waals surface area (Å²) >= 11 is 0. The lowest BCUT2D eigenvalue weighted by molar-refractivity contribution is -0.133. The van der Waals surface area contributed by atoms with E-state index in [-0.39, 0.29) is 18.1 Å². The minimum absolute atomic E-state index is 0.0898. The minimum atomic E-state index is -0.351. The smallest absolute Gasteiger partial charge is 0.247 e. The average Bonchev–Trinajstić information content (AvgIpc) is 2.40. The number of nitrogens with one attached hydrogen (secondary N) is 1. The monoisotopic (exact) mass is 259 g/mol. The summed E-state index contributed by atoms with van der Waals surface area (Å²) in [5.41, 5.74) is 3.92. The normalized spacial score (nSPS) is 10.2. The average molecular weight is 259 g/mol. The number of halogens is 1. The van der Waals surface area contributed by atoms with Crippen molar-refractivity contribution in [1.82, 2.24) is 5.48 Å². The second-order valence-corrected chi connectivity index (χ2v) is 4.11. The number of carbonyl (C=O) groups excluding carboxylic acids is 1. The predicted molar refractivity (Wildman–Crippen MR) is 69.5 cm³/mol. The predicted octanol–water partition coefficient (Wildman–Crippen LogP) is 2.62. The lowest BCUT2D eigenvalue weighted by atomic mass is 10.1. The van der Waals surface area contributed by atoms with E-state index in [4.69, 9.17) is 4.84 Å². The molecule has 0 bridgehead atoms. The molecule has 2 rings (SSSR count). The Morgan fingerprint density at radius 3 is 2.53 bits per heavy atom. The molecular weight excluding hydrogens is 245 g/mol. The molecule has 0 saturated carbocycles. The highest BCUT2D eigenvalue weighted by molar-refractivity contribution is 5.77.